The van der Waals surface area contributed by atoms with Crippen molar-refractivity contribution in [2.24, 2.45) is 0 Å². The van der Waals surface area contributed by atoms with Gasteiger partial charge in [0.25, 0.3) is 0 Å². The van der Waals surface area contributed by atoms with Crippen molar-refractivity contribution < 1.29 is 13.9 Å². The molecule has 3 rings (SSSR count). The summed E-state index contributed by atoms with van der Waals surface area (Å²) in [6.07, 6.45) is 0. The maximum absolute atomic E-state index is 12.3. The summed E-state index contributed by atoms with van der Waals surface area (Å²) in [6, 6.07) is 9.23. The van der Waals surface area contributed by atoms with Gasteiger partial charge < -0.3 is 9.15 Å². The molecule has 0 spiro atoms. The number of methoxy groups -OCH3 is 1. The Morgan fingerprint density at radius 2 is 2.11 bits per heavy atom. The number of thiophene rings is 1. The summed E-state index contributed by atoms with van der Waals surface area (Å²) in [5.74, 6) is 1.02. The van der Waals surface area contributed by atoms with Gasteiger partial charge in [0.05, 0.1) is 12.0 Å². The highest BCUT2D eigenvalue weighted by Crippen LogP contribution is 2.27. The Morgan fingerprint density at radius 1 is 1.26 bits per heavy atom. The van der Waals surface area contributed by atoms with E-state index in [0.717, 1.165) is 15.8 Å². The van der Waals surface area contributed by atoms with E-state index in [2.05, 4.69) is 0 Å². The summed E-state index contributed by atoms with van der Waals surface area (Å²) in [6.45, 7) is 1.93. The summed E-state index contributed by atoms with van der Waals surface area (Å²) in [5, 5.41) is 2.81. The third-order valence-electron chi connectivity index (χ3n) is 3.02. The summed E-state index contributed by atoms with van der Waals surface area (Å²) >= 11 is 1.44. The molecule has 0 N–H and O–H groups in total. The number of carbonyl (C=O) groups excluding carboxylic acids is 1. The Kier molecular flexibility index (Phi) is 2.87. The van der Waals surface area contributed by atoms with E-state index in [1.54, 1.807) is 19.2 Å². The van der Waals surface area contributed by atoms with Crippen LogP contribution >= 0.6 is 11.3 Å². The third kappa shape index (κ3) is 2.04. The van der Waals surface area contributed by atoms with E-state index >= 15 is 0 Å². The van der Waals surface area contributed by atoms with Crippen molar-refractivity contribution in [1.82, 2.24) is 0 Å². The highest BCUT2D eigenvalue weighted by atomic mass is 32.1. The second-order valence-electron chi connectivity index (χ2n) is 4.28. The predicted molar refractivity (Wildman–Crippen MR) is 75.3 cm³/mol. The largest absolute Gasteiger partial charge is 0.497 e. The Balaban J connectivity index is 2.06. The highest BCUT2D eigenvalue weighted by molar-refractivity contribution is 7.12. The molecule has 0 amide bonds. The summed E-state index contributed by atoms with van der Waals surface area (Å²) in [7, 11) is 1.60. The molecule has 0 unspecified atom stereocenters. The Hall–Kier alpha value is -2.07. The molecule has 4 heteroatoms. The third-order valence-corrected chi connectivity index (χ3v) is 4.03. The topological polar surface area (TPSA) is 39.4 Å². The van der Waals surface area contributed by atoms with Gasteiger partial charge in [-0.05, 0) is 42.1 Å². The maximum Gasteiger partial charge on any atom is 0.238 e. The van der Waals surface area contributed by atoms with Crippen LogP contribution in [0.2, 0.25) is 0 Å². The summed E-state index contributed by atoms with van der Waals surface area (Å²) in [4.78, 5) is 13.1. The van der Waals surface area contributed by atoms with Crippen molar-refractivity contribution in [3.05, 3.63) is 51.9 Å². The van der Waals surface area contributed by atoms with E-state index in [1.807, 2.05) is 30.5 Å². The molecule has 0 aliphatic carbocycles. The average molecular weight is 272 g/mol. The fourth-order valence-electron chi connectivity index (χ4n) is 1.97. The first-order valence-corrected chi connectivity index (χ1v) is 6.73. The molecule has 0 saturated heterocycles. The van der Waals surface area contributed by atoms with Gasteiger partial charge in [0.2, 0.25) is 5.78 Å². The second kappa shape index (κ2) is 4.55. The lowest BCUT2D eigenvalue weighted by atomic mass is 10.2. The van der Waals surface area contributed by atoms with Crippen LogP contribution in [0.1, 0.15) is 21.0 Å². The molecular formula is C15H12O3S. The number of hydrogen-bond donors (Lipinski definition) is 0. The molecule has 0 atom stereocenters. The standard InChI is InChI=1S/C15H12O3S/c1-9-5-6-19-15(9)14(16)13-7-10-3-4-11(17-2)8-12(10)18-13/h3-8H,1-2H3. The van der Waals surface area contributed by atoms with Crippen molar-refractivity contribution in [2.75, 3.05) is 7.11 Å². The summed E-state index contributed by atoms with van der Waals surface area (Å²) in [5.41, 5.74) is 1.64. The van der Waals surface area contributed by atoms with Crippen LogP contribution in [0.25, 0.3) is 11.0 Å². The summed E-state index contributed by atoms with van der Waals surface area (Å²) < 4.78 is 10.8. The fourth-order valence-corrected chi connectivity index (χ4v) is 2.84. The van der Waals surface area contributed by atoms with Gasteiger partial charge in [-0.3, -0.25) is 4.79 Å². The van der Waals surface area contributed by atoms with Crippen LogP contribution < -0.4 is 4.74 Å². The van der Waals surface area contributed by atoms with Crippen LogP contribution in [0.3, 0.4) is 0 Å². The lowest BCUT2D eigenvalue weighted by Crippen LogP contribution is -1.97. The van der Waals surface area contributed by atoms with Gasteiger partial charge in [0.15, 0.2) is 5.76 Å². The van der Waals surface area contributed by atoms with Gasteiger partial charge in [-0.1, -0.05) is 0 Å². The van der Waals surface area contributed by atoms with Crippen LogP contribution in [-0.2, 0) is 0 Å². The highest BCUT2D eigenvalue weighted by Gasteiger charge is 2.17. The molecule has 0 aliphatic rings. The number of aryl methyl sites for hydroxylation is 1. The number of hydrogen-bond acceptors (Lipinski definition) is 4. The van der Waals surface area contributed by atoms with Crippen LogP contribution in [0.4, 0.5) is 0 Å². The molecule has 0 saturated carbocycles. The molecule has 3 nitrogen and oxygen atoms in total. The smallest absolute Gasteiger partial charge is 0.238 e. The van der Waals surface area contributed by atoms with Crippen molar-refractivity contribution >= 4 is 28.1 Å². The second-order valence-corrected chi connectivity index (χ2v) is 5.19. The van der Waals surface area contributed by atoms with E-state index in [-0.39, 0.29) is 5.78 Å². The van der Waals surface area contributed by atoms with E-state index in [4.69, 9.17) is 9.15 Å². The van der Waals surface area contributed by atoms with Crippen LogP contribution in [-0.4, -0.2) is 12.9 Å². The zero-order valence-corrected chi connectivity index (χ0v) is 11.4. The van der Waals surface area contributed by atoms with Crippen LogP contribution in [0.15, 0.2) is 40.1 Å². The number of benzene rings is 1. The SMILES string of the molecule is COc1ccc2cc(C(=O)c3sccc3C)oc2c1. The number of ketones is 1. The normalized spacial score (nSPS) is 10.8. The van der Waals surface area contributed by atoms with E-state index < -0.39 is 0 Å². The number of carbonyl (C=O) groups is 1. The lowest BCUT2D eigenvalue weighted by Gasteiger charge is -1.97. The number of ether oxygens (including phenoxy) is 1. The quantitative estimate of drug-likeness (QED) is 0.675. The Labute approximate surface area is 114 Å². The molecule has 0 aliphatic heterocycles. The van der Waals surface area contributed by atoms with Gasteiger partial charge in [-0.25, -0.2) is 0 Å². The van der Waals surface area contributed by atoms with Crippen molar-refractivity contribution in [3.8, 4) is 5.75 Å². The molecule has 2 aromatic heterocycles. The van der Waals surface area contributed by atoms with Crippen LogP contribution in [0, 0.1) is 6.92 Å². The first-order valence-electron chi connectivity index (χ1n) is 5.85. The molecule has 2 heterocycles. The minimum atomic E-state index is -0.0670. The molecule has 19 heavy (non-hydrogen) atoms. The van der Waals surface area contributed by atoms with Gasteiger partial charge in [0.1, 0.15) is 11.3 Å². The predicted octanol–water partition coefficient (Wildman–Crippen LogP) is 4.04. The monoisotopic (exact) mass is 272 g/mol. The first kappa shape index (κ1) is 12.0. The van der Waals surface area contributed by atoms with E-state index in [1.165, 1.54) is 11.3 Å². The molecule has 96 valence electrons. The Bertz CT molecular complexity index is 752. The average Bonchev–Trinajstić information content (AvgIpc) is 3.02. The van der Waals surface area contributed by atoms with E-state index in [0.29, 0.717) is 17.1 Å². The number of furan rings is 1. The molecule has 0 radical (unpaired) electrons. The van der Waals surface area contributed by atoms with Crippen molar-refractivity contribution in [3.63, 3.8) is 0 Å². The molecule has 0 fully saturated rings. The maximum atomic E-state index is 12.3. The van der Waals surface area contributed by atoms with Gasteiger partial charge in [-0.2, -0.15) is 0 Å². The van der Waals surface area contributed by atoms with Crippen LogP contribution in [0.5, 0.6) is 5.75 Å². The zero-order chi connectivity index (χ0) is 13.4. The van der Waals surface area contributed by atoms with E-state index in [9.17, 15) is 4.79 Å². The molecule has 0 bridgehead atoms. The van der Waals surface area contributed by atoms with Crippen molar-refractivity contribution in [2.45, 2.75) is 6.92 Å². The molecular weight excluding hydrogens is 260 g/mol. The van der Waals surface area contributed by atoms with Gasteiger partial charge >= 0.3 is 0 Å². The lowest BCUT2D eigenvalue weighted by molar-refractivity contribution is 0.101. The van der Waals surface area contributed by atoms with Gasteiger partial charge in [-0.15, -0.1) is 11.3 Å². The molecule has 1 aromatic carbocycles. The number of rotatable bonds is 3. The first-order chi connectivity index (χ1) is 9.19. The van der Waals surface area contributed by atoms with Crippen molar-refractivity contribution in [1.29, 1.82) is 0 Å². The fraction of sp³-hybridized carbons (Fsp3) is 0.133. The Morgan fingerprint density at radius 3 is 2.79 bits per heavy atom. The van der Waals surface area contributed by atoms with Gasteiger partial charge in [0, 0.05) is 11.5 Å². The minimum absolute atomic E-state index is 0.0670. The zero-order valence-electron chi connectivity index (χ0n) is 10.6. The minimum Gasteiger partial charge on any atom is -0.497 e. The molecule has 3 aromatic rings. The number of fused-ring (bicyclic) bond motifs is 1.